The molecule has 2 aromatic rings. The number of carbonyl (C=O) groups excluding carboxylic acids is 1. The Labute approximate surface area is 163 Å². The molecule has 1 aliphatic heterocycles. The van der Waals surface area contributed by atoms with Crippen LogP contribution >= 0.6 is 0 Å². The number of hydrogen-bond donors (Lipinski definition) is 1. The van der Waals surface area contributed by atoms with Gasteiger partial charge in [-0.2, -0.15) is 0 Å². The van der Waals surface area contributed by atoms with Crippen molar-refractivity contribution in [2.45, 2.75) is 32.6 Å². The maximum absolute atomic E-state index is 12.3. The quantitative estimate of drug-likeness (QED) is 0.836. The Morgan fingerprint density at radius 2 is 1.59 bits per heavy atom. The summed E-state index contributed by atoms with van der Waals surface area (Å²) < 4.78 is 0. The molecule has 0 aliphatic carbocycles. The molecule has 1 saturated heterocycles. The van der Waals surface area contributed by atoms with Crippen LogP contribution in [0.1, 0.15) is 37.3 Å². The Bertz CT molecular complexity index is 729. The summed E-state index contributed by atoms with van der Waals surface area (Å²) in [5.41, 5.74) is 4.64. The highest BCUT2D eigenvalue weighted by Gasteiger charge is 2.14. The third-order valence-electron chi connectivity index (χ3n) is 5.31. The zero-order chi connectivity index (χ0) is 19.2. The van der Waals surface area contributed by atoms with Crippen molar-refractivity contribution in [1.82, 2.24) is 4.90 Å². The summed E-state index contributed by atoms with van der Waals surface area (Å²) in [7, 11) is 2.16. The molecule has 3 rings (SSSR count). The summed E-state index contributed by atoms with van der Waals surface area (Å²) in [4.78, 5) is 17.0. The molecule has 1 heterocycles. The molecule has 0 atom stereocenters. The fourth-order valence-electron chi connectivity index (χ4n) is 3.37. The van der Waals surface area contributed by atoms with Crippen LogP contribution in [0.5, 0.6) is 0 Å². The number of carbonyl (C=O) groups is 1. The van der Waals surface area contributed by atoms with Crippen molar-refractivity contribution >= 4 is 17.3 Å². The summed E-state index contributed by atoms with van der Waals surface area (Å²) in [5.74, 6) is 0.603. The van der Waals surface area contributed by atoms with Gasteiger partial charge in [0.15, 0.2) is 0 Å². The summed E-state index contributed by atoms with van der Waals surface area (Å²) >= 11 is 0. The summed E-state index contributed by atoms with van der Waals surface area (Å²) in [6.45, 7) is 8.68. The van der Waals surface area contributed by atoms with E-state index < -0.39 is 0 Å². The number of amides is 1. The van der Waals surface area contributed by atoms with Crippen molar-refractivity contribution in [3.8, 4) is 0 Å². The van der Waals surface area contributed by atoms with Gasteiger partial charge in [0.1, 0.15) is 0 Å². The van der Waals surface area contributed by atoms with Gasteiger partial charge in [-0.3, -0.25) is 4.79 Å². The molecule has 0 unspecified atom stereocenters. The van der Waals surface area contributed by atoms with Gasteiger partial charge in [-0.25, -0.2) is 0 Å². The van der Waals surface area contributed by atoms with Crippen LogP contribution in [0.25, 0.3) is 0 Å². The Hall–Kier alpha value is -2.33. The average Bonchev–Trinajstić information content (AvgIpc) is 2.68. The molecule has 1 N–H and O–H groups in total. The summed E-state index contributed by atoms with van der Waals surface area (Å²) in [6.07, 6.45) is 1.27. The van der Waals surface area contributed by atoms with Crippen molar-refractivity contribution in [2.24, 2.45) is 0 Å². The van der Waals surface area contributed by atoms with E-state index in [-0.39, 0.29) is 5.91 Å². The van der Waals surface area contributed by atoms with Gasteiger partial charge in [0.05, 0.1) is 0 Å². The molecule has 4 heteroatoms. The molecule has 0 bridgehead atoms. The molecule has 1 aliphatic rings. The first-order chi connectivity index (χ1) is 13.0. The predicted molar refractivity (Wildman–Crippen MR) is 114 cm³/mol. The minimum absolute atomic E-state index is 0.0651. The van der Waals surface area contributed by atoms with E-state index in [9.17, 15) is 4.79 Å². The van der Waals surface area contributed by atoms with E-state index in [0.717, 1.165) is 38.3 Å². The largest absolute Gasteiger partial charge is 0.369 e. The predicted octanol–water partition coefficient (Wildman–Crippen LogP) is 4.13. The highest BCUT2D eigenvalue weighted by atomic mass is 16.1. The van der Waals surface area contributed by atoms with Crippen LogP contribution in [0.3, 0.4) is 0 Å². The first-order valence-electron chi connectivity index (χ1n) is 9.93. The number of nitrogens with one attached hydrogen (secondary N) is 1. The first-order valence-corrected chi connectivity index (χ1v) is 9.93. The highest BCUT2D eigenvalue weighted by Crippen LogP contribution is 2.20. The van der Waals surface area contributed by atoms with E-state index in [1.807, 2.05) is 12.1 Å². The van der Waals surface area contributed by atoms with Crippen LogP contribution in [0, 0.1) is 0 Å². The van der Waals surface area contributed by atoms with Gasteiger partial charge in [-0.15, -0.1) is 0 Å². The van der Waals surface area contributed by atoms with Crippen LogP contribution in [0.15, 0.2) is 48.5 Å². The average molecular weight is 366 g/mol. The van der Waals surface area contributed by atoms with Gasteiger partial charge in [0, 0.05) is 44.0 Å². The minimum Gasteiger partial charge on any atom is -0.369 e. The molecule has 4 nitrogen and oxygen atoms in total. The maximum Gasteiger partial charge on any atom is 0.224 e. The van der Waals surface area contributed by atoms with Crippen LogP contribution < -0.4 is 10.2 Å². The zero-order valence-electron chi connectivity index (χ0n) is 16.7. The van der Waals surface area contributed by atoms with Gasteiger partial charge in [-0.05, 0) is 54.8 Å². The Kier molecular flexibility index (Phi) is 6.51. The molecule has 1 amide bonds. The molecular weight excluding hydrogens is 334 g/mol. The van der Waals surface area contributed by atoms with Crippen LogP contribution in [0.4, 0.5) is 11.4 Å². The monoisotopic (exact) mass is 365 g/mol. The lowest BCUT2D eigenvalue weighted by Gasteiger charge is -2.34. The smallest absolute Gasteiger partial charge is 0.224 e. The fraction of sp³-hybridized carbons (Fsp3) is 0.435. The molecule has 0 saturated carbocycles. The maximum atomic E-state index is 12.3. The fourth-order valence-corrected chi connectivity index (χ4v) is 3.37. The van der Waals surface area contributed by atoms with E-state index >= 15 is 0 Å². The number of aryl methyl sites for hydroxylation is 1. The van der Waals surface area contributed by atoms with Crippen molar-refractivity contribution in [3.05, 3.63) is 59.7 Å². The summed E-state index contributed by atoms with van der Waals surface area (Å²) in [6, 6.07) is 16.8. The lowest BCUT2D eigenvalue weighted by atomic mass is 10.0. The molecule has 27 heavy (non-hydrogen) atoms. The molecule has 0 aromatic heterocycles. The van der Waals surface area contributed by atoms with Crippen LogP contribution in [-0.2, 0) is 11.2 Å². The molecule has 0 spiro atoms. The first kappa shape index (κ1) is 19.4. The SMILES string of the molecule is CC(C)c1ccc(CCC(=O)Nc2ccc(N3CCN(C)CC3)cc2)cc1. The third-order valence-corrected chi connectivity index (χ3v) is 5.31. The van der Waals surface area contributed by atoms with Gasteiger partial charge >= 0.3 is 0 Å². The van der Waals surface area contributed by atoms with Crippen molar-refractivity contribution in [1.29, 1.82) is 0 Å². The van der Waals surface area contributed by atoms with E-state index in [1.54, 1.807) is 0 Å². The molecule has 2 aromatic carbocycles. The van der Waals surface area contributed by atoms with Crippen LogP contribution in [0.2, 0.25) is 0 Å². The zero-order valence-corrected chi connectivity index (χ0v) is 16.7. The molecule has 1 fully saturated rings. The standard InChI is InChI=1S/C23H31N3O/c1-18(2)20-7-4-19(5-8-20)6-13-23(27)24-21-9-11-22(12-10-21)26-16-14-25(3)15-17-26/h4-5,7-12,18H,6,13-17H2,1-3H3,(H,24,27). The molecular formula is C23H31N3O. The van der Waals surface area contributed by atoms with E-state index in [2.05, 4.69) is 72.4 Å². The lowest BCUT2D eigenvalue weighted by molar-refractivity contribution is -0.116. The van der Waals surface area contributed by atoms with Crippen molar-refractivity contribution in [3.63, 3.8) is 0 Å². The second-order valence-electron chi connectivity index (χ2n) is 7.78. The van der Waals surface area contributed by atoms with Crippen molar-refractivity contribution < 1.29 is 4.79 Å². The number of benzene rings is 2. The number of nitrogens with zero attached hydrogens (tertiary/aromatic N) is 2. The van der Waals surface area contributed by atoms with E-state index in [4.69, 9.17) is 0 Å². The topological polar surface area (TPSA) is 35.6 Å². The normalized spacial score (nSPS) is 15.2. The summed E-state index contributed by atoms with van der Waals surface area (Å²) in [5, 5.41) is 3.01. The Morgan fingerprint density at radius 1 is 0.963 bits per heavy atom. The highest BCUT2D eigenvalue weighted by molar-refractivity contribution is 5.91. The van der Waals surface area contributed by atoms with Gasteiger partial charge < -0.3 is 15.1 Å². The van der Waals surface area contributed by atoms with Crippen molar-refractivity contribution in [2.75, 3.05) is 43.4 Å². The third kappa shape index (κ3) is 5.57. The number of rotatable bonds is 6. The number of anilines is 2. The second kappa shape index (κ2) is 9.05. The number of piperazine rings is 1. The van der Waals surface area contributed by atoms with E-state index in [1.165, 1.54) is 16.8 Å². The minimum atomic E-state index is 0.0651. The van der Waals surface area contributed by atoms with Gasteiger partial charge in [-0.1, -0.05) is 38.1 Å². The van der Waals surface area contributed by atoms with Crippen LogP contribution in [-0.4, -0.2) is 44.0 Å². The lowest BCUT2D eigenvalue weighted by Crippen LogP contribution is -2.44. The van der Waals surface area contributed by atoms with Gasteiger partial charge in [0.25, 0.3) is 0 Å². The molecule has 0 radical (unpaired) electrons. The number of likely N-dealkylation sites (N-methyl/N-ethyl adjacent to an activating group) is 1. The Balaban J connectivity index is 1.47. The second-order valence-corrected chi connectivity index (χ2v) is 7.78. The van der Waals surface area contributed by atoms with Gasteiger partial charge in [0.2, 0.25) is 5.91 Å². The number of hydrogen-bond acceptors (Lipinski definition) is 3. The Morgan fingerprint density at radius 3 is 2.19 bits per heavy atom. The molecule has 144 valence electrons. The van der Waals surface area contributed by atoms with E-state index in [0.29, 0.717) is 12.3 Å².